The summed E-state index contributed by atoms with van der Waals surface area (Å²) in [6.07, 6.45) is 4.29. The van der Waals surface area contributed by atoms with Crippen LogP contribution in [0.1, 0.15) is 13.3 Å². The fourth-order valence-corrected chi connectivity index (χ4v) is 0.529. The van der Waals surface area contributed by atoms with E-state index in [-0.39, 0.29) is 6.61 Å². The molecule has 0 saturated heterocycles. The van der Waals surface area contributed by atoms with Crippen molar-refractivity contribution < 1.29 is 19.1 Å². The summed E-state index contributed by atoms with van der Waals surface area (Å²) in [6, 6.07) is 0. The van der Waals surface area contributed by atoms with Crippen molar-refractivity contribution in [2.24, 2.45) is 0 Å². The standard InChI is InChI=1S/C8H12O4/c1-3-4-5-6-12-8(10)7(9)11-2/h3-4H,5-6H2,1-2H3. The number of methoxy groups -OCH3 is 1. The number of carbonyl (C=O) groups excluding carboxylic acids is 2. The lowest BCUT2D eigenvalue weighted by Gasteiger charge is -1.99. The average molecular weight is 172 g/mol. The Kier molecular flexibility index (Phi) is 5.69. The van der Waals surface area contributed by atoms with Crippen LogP contribution < -0.4 is 0 Å². The van der Waals surface area contributed by atoms with E-state index in [0.717, 1.165) is 7.11 Å². The number of carbonyl (C=O) groups is 2. The van der Waals surface area contributed by atoms with Gasteiger partial charge in [0.15, 0.2) is 0 Å². The van der Waals surface area contributed by atoms with Crippen molar-refractivity contribution in [3.63, 3.8) is 0 Å². The Labute approximate surface area is 71.2 Å². The van der Waals surface area contributed by atoms with Gasteiger partial charge in [-0.1, -0.05) is 12.2 Å². The van der Waals surface area contributed by atoms with Crippen LogP contribution in [0, 0.1) is 0 Å². The van der Waals surface area contributed by atoms with E-state index in [1.807, 2.05) is 19.1 Å². The van der Waals surface area contributed by atoms with Crippen molar-refractivity contribution in [3.05, 3.63) is 12.2 Å². The highest BCUT2D eigenvalue weighted by Gasteiger charge is 2.14. The Balaban J connectivity index is 3.51. The van der Waals surface area contributed by atoms with Gasteiger partial charge < -0.3 is 9.47 Å². The number of esters is 2. The Morgan fingerprint density at radius 3 is 2.50 bits per heavy atom. The molecule has 0 bridgehead atoms. The second-order valence-electron chi connectivity index (χ2n) is 1.99. The topological polar surface area (TPSA) is 52.6 Å². The molecule has 0 spiro atoms. The van der Waals surface area contributed by atoms with Gasteiger partial charge in [0.25, 0.3) is 0 Å². The fraction of sp³-hybridized carbons (Fsp3) is 0.500. The van der Waals surface area contributed by atoms with Gasteiger partial charge in [0.05, 0.1) is 13.7 Å². The lowest BCUT2D eigenvalue weighted by Crippen LogP contribution is -2.18. The van der Waals surface area contributed by atoms with E-state index in [4.69, 9.17) is 0 Å². The summed E-state index contributed by atoms with van der Waals surface area (Å²) in [4.78, 5) is 21.1. The third-order valence-electron chi connectivity index (χ3n) is 1.11. The molecule has 0 atom stereocenters. The molecular weight excluding hydrogens is 160 g/mol. The van der Waals surface area contributed by atoms with Crippen LogP contribution >= 0.6 is 0 Å². The number of allylic oxidation sites excluding steroid dienone is 1. The van der Waals surface area contributed by atoms with Crippen LogP contribution in [-0.4, -0.2) is 25.7 Å². The number of ether oxygens (including phenoxy) is 2. The smallest absolute Gasteiger partial charge is 0.417 e. The zero-order valence-electron chi connectivity index (χ0n) is 7.20. The third-order valence-corrected chi connectivity index (χ3v) is 1.11. The molecule has 0 aliphatic carbocycles. The summed E-state index contributed by atoms with van der Waals surface area (Å²) < 4.78 is 8.67. The largest absolute Gasteiger partial charge is 0.461 e. The fourth-order valence-electron chi connectivity index (χ4n) is 0.529. The minimum Gasteiger partial charge on any atom is -0.461 e. The molecule has 4 heteroatoms. The Hall–Kier alpha value is -1.32. The van der Waals surface area contributed by atoms with Crippen LogP contribution in [0.2, 0.25) is 0 Å². The lowest BCUT2D eigenvalue weighted by molar-refractivity contribution is -0.165. The molecule has 0 amide bonds. The number of hydrogen-bond donors (Lipinski definition) is 0. The lowest BCUT2D eigenvalue weighted by atomic mass is 10.4. The van der Waals surface area contributed by atoms with Crippen LogP contribution in [0.15, 0.2) is 12.2 Å². The predicted molar refractivity (Wildman–Crippen MR) is 42.4 cm³/mol. The first-order chi connectivity index (χ1) is 5.72. The Morgan fingerprint density at radius 1 is 1.33 bits per heavy atom. The minimum absolute atomic E-state index is 0.207. The van der Waals surface area contributed by atoms with Gasteiger partial charge >= 0.3 is 11.9 Å². The molecule has 0 rings (SSSR count). The van der Waals surface area contributed by atoms with E-state index in [1.54, 1.807) is 0 Å². The first kappa shape index (κ1) is 10.7. The van der Waals surface area contributed by atoms with Gasteiger partial charge in [-0.15, -0.1) is 0 Å². The maximum Gasteiger partial charge on any atom is 0.417 e. The summed E-state index contributed by atoms with van der Waals surface area (Å²) in [7, 11) is 1.13. The SMILES string of the molecule is CC=CCCOC(=O)C(=O)OC. The Morgan fingerprint density at radius 2 is 2.00 bits per heavy atom. The molecule has 12 heavy (non-hydrogen) atoms. The maximum absolute atomic E-state index is 10.6. The molecule has 0 aromatic carbocycles. The number of hydrogen-bond acceptors (Lipinski definition) is 4. The molecule has 0 N–H and O–H groups in total. The van der Waals surface area contributed by atoms with E-state index in [1.165, 1.54) is 0 Å². The molecule has 0 aromatic rings. The van der Waals surface area contributed by atoms with Crippen LogP contribution in [0.25, 0.3) is 0 Å². The summed E-state index contributed by atoms with van der Waals surface area (Å²) in [6.45, 7) is 2.07. The van der Waals surface area contributed by atoms with Crippen molar-refractivity contribution in [2.45, 2.75) is 13.3 Å². The van der Waals surface area contributed by atoms with Crippen molar-refractivity contribution in [1.29, 1.82) is 0 Å². The van der Waals surface area contributed by atoms with Crippen LogP contribution in [-0.2, 0) is 19.1 Å². The average Bonchev–Trinajstić information content (AvgIpc) is 2.10. The van der Waals surface area contributed by atoms with Crippen LogP contribution in [0.3, 0.4) is 0 Å². The molecule has 0 fully saturated rings. The third kappa shape index (κ3) is 4.49. The summed E-state index contributed by atoms with van der Waals surface area (Å²) >= 11 is 0. The molecule has 0 radical (unpaired) electrons. The molecule has 0 unspecified atom stereocenters. The summed E-state index contributed by atoms with van der Waals surface area (Å²) in [5.41, 5.74) is 0. The molecule has 0 aliphatic heterocycles. The number of rotatable bonds is 3. The highest BCUT2D eigenvalue weighted by atomic mass is 16.6. The van der Waals surface area contributed by atoms with Gasteiger partial charge in [0, 0.05) is 0 Å². The molecule has 4 nitrogen and oxygen atoms in total. The first-order valence-corrected chi connectivity index (χ1v) is 3.58. The molecular formula is C8H12O4. The normalized spacial score (nSPS) is 9.83. The highest BCUT2D eigenvalue weighted by molar-refractivity contribution is 6.29. The van der Waals surface area contributed by atoms with Gasteiger partial charge in [-0.2, -0.15) is 0 Å². The van der Waals surface area contributed by atoms with Crippen LogP contribution in [0.4, 0.5) is 0 Å². The van der Waals surface area contributed by atoms with Gasteiger partial charge in [0.1, 0.15) is 0 Å². The van der Waals surface area contributed by atoms with Crippen LogP contribution in [0.5, 0.6) is 0 Å². The first-order valence-electron chi connectivity index (χ1n) is 3.58. The second kappa shape index (κ2) is 6.39. The molecule has 0 aliphatic rings. The van der Waals surface area contributed by atoms with Gasteiger partial charge in [-0.05, 0) is 13.3 Å². The van der Waals surface area contributed by atoms with Gasteiger partial charge in [-0.25, -0.2) is 9.59 Å². The van der Waals surface area contributed by atoms with Crippen molar-refractivity contribution >= 4 is 11.9 Å². The minimum atomic E-state index is -0.963. The van der Waals surface area contributed by atoms with E-state index in [9.17, 15) is 9.59 Å². The molecule has 0 heterocycles. The summed E-state index contributed by atoms with van der Waals surface area (Å²) in [5.74, 6) is -1.91. The Bertz CT molecular complexity index is 183. The summed E-state index contributed by atoms with van der Waals surface area (Å²) in [5, 5.41) is 0. The maximum atomic E-state index is 10.6. The molecule has 68 valence electrons. The second-order valence-corrected chi connectivity index (χ2v) is 1.99. The van der Waals surface area contributed by atoms with Crippen molar-refractivity contribution in [2.75, 3.05) is 13.7 Å². The van der Waals surface area contributed by atoms with E-state index < -0.39 is 11.9 Å². The molecule has 0 aromatic heterocycles. The van der Waals surface area contributed by atoms with E-state index in [0.29, 0.717) is 6.42 Å². The highest BCUT2D eigenvalue weighted by Crippen LogP contribution is 1.87. The quantitative estimate of drug-likeness (QED) is 0.272. The zero-order chi connectivity index (χ0) is 9.40. The van der Waals surface area contributed by atoms with Crippen molar-refractivity contribution in [3.8, 4) is 0 Å². The van der Waals surface area contributed by atoms with E-state index in [2.05, 4.69) is 9.47 Å². The van der Waals surface area contributed by atoms with Gasteiger partial charge in [0.2, 0.25) is 0 Å². The van der Waals surface area contributed by atoms with E-state index >= 15 is 0 Å². The zero-order valence-corrected chi connectivity index (χ0v) is 7.20. The predicted octanol–water partition coefficient (Wildman–Crippen LogP) is 0.669. The monoisotopic (exact) mass is 172 g/mol. The van der Waals surface area contributed by atoms with Gasteiger partial charge in [-0.3, -0.25) is 0 Å². The van der Waals surface area contributed by atoms with Crippen molar-refractivity contribution in [1.82, 2.24) is 0 Å². The molecule has 0 saturated carbocycles.